The van der Waals surface area contributed by atoms with Gasteiger partial charge in [-0.15, -0.1) is 0 Å². The molecule has 0 atom stereocenters. The average molecular weight is 415 g/mol. The first-order chi connectivity index (χ1) is 14.4. The zero-order valence-electron chi connectivity index (χ0n) is 15.6. The fourth-order valence-corrected chi connectivity index (χ4v) is 3.22. The number of nitrogens with zero attached hydrogens (tertiary/aromatic N) is 4. The van der Waals surface area contributed by atoms with E-state index >= 15 is 0 Å². The molecule has 1 aliphatic carbocycles. The van der Waals surface area contributed by atoms with Gasteiger partial charge in [-0.2, -0.15) is 5.10 Å². The summed E-state index contributed by atoms with van der Waals surface area (Å²) in [4.78, 5) is 32.0. The van der Waals surface area contributed by atoms with E-state index in [1.54, 1.807) is 0 Å². The van der Waals surface area contributed by atoms with Gasteiger partial charge in [0.05, 0.1) is 18.1 Å². The van der Waals surface area contributed by atoms with Crippen molar-refractivity contribution in [3.05, 3.63) is 70.2 Å². The van der Waals surface area contributed by atoms with E-state index in [1.165, 1.54) is 6.07 Å². The highest BCUT2D eigenvalue weighted by atomic mass is 19.1. The summed E-state index contributed by atoms with van der Waals surface area (Å²) in [5.74, 6) is -2.87. The lowest BCUT2D eigenvalue weighted by molar-refractivity contribution is -0.117. The molecule has 0 radical (unpaired) electrons. The lowest BCUT2D eigenvalue weighted by atomic mass is 9.80. The maximum absolute atomic E-state index is 13.7. The molecule has 2 heterocycles. The van der Waals surface area contributed by atoms with Gasteiger partial charge < -0.3 is 0 Å². The third kappa shape index (κ3) is 4.22. The molecular formula is C20H16F3N5O2. The molecule has 1 aromatic carbocycles. The highest BCUT2D eigenvalue weighted by Crippen LogP contribution is 2.39. The second-order valence-corrected chi connectivity index (χ2v) is 7.00. The molecule has 2 aromatic heterocycles. The average Bonchev–Trinajstić information content (AvgIpc) is 2.64. The van der Waals surface area contributed by atoms with Gasteiger partial charge in [0, 0.05) is 23.6 Å². The Morgan fingerprint density at radius 1 is 1.03 bits per heavy atom. The molecule has 0 aliphatic heterocycles. The van der Waals surface area contributed by atoms with Crippen LogP contribution < -0.4 is 10.9 Å². The molecule has 1 N–H and O–H groups in total. The van der Waals surface area contributed by atoms with Crippen molar-refractivity contribution in [3.63, 3.8) is 0 Å². The van der Waals surface area contributed by atoms with Crippen molar-refractivity contribution in [1.82, 2.24) is 19.7 Å². The van der Waals surface area contributed by atoms with Gasteiger partial charge in [-0.25, -0.2) is 27.8 Å². The first kappa shape index (κ1) is 19.7. The van der Waals surface area contributed by atoms with Crippen molar-refractivity contribution < 1.29 is 18.0 Å². The highest BCUT2D eigenvalue weighted by molar-refractivity contribution is 5.88. The molecule has 0 saturated heterocycles. The molecule has 1 fully saturated rings. The smallest absolute Gasteiger partial charge is 0.267 e. The molecule has 7 nitrogen and oxygen atoms in total. The molecule has 3 aromatic rings. The number of halogens is 3. The quantitative estimate of drug-likeness (QED) is 0.692. The number of hydrogen-bond donors (Lipinski definition) is 1. The summed E-state index contributed by atoms with van der Waals surface area (Å²) in [7, 11) is 0. The molecule has 30 heavy (non-hydrogen) atoms. The summed E-state index contributed by atoms with van der Waals surface area (Å²) >= 11 is 0. The Bertz CT molecular complexity index is 1140. The van der Waals surface area contributed by atoms with Crippen LogP contribution in [-0.2, 0) is 11.3 Å². The first-order valence-corrected chi connectivity index (χ1v) is 9.25. The predicted octanol–water partition coefficient (Wildman–Crippen LogP) is 3.02. The number of amides is 1. The van der Waals surface area contributed by atoms with Crippen LogP contribution >= 0.6 is 0 Å². The van der Waals surface area contributed by atoms with E-state index in [0.717, 1.165) is 54.5 Å². The van der Waals surface area contributed by atoms with E-state index < -0.39 is 35.5 Å². The van der Waals surface area contributed by atoms with Crippen molar-refractivity contribution in [2.75, 3.05) is 5.32 Å². The summed E-state index contributed by atoms with van der Waals surface area (Å²) in [6, 6.07) is 4.27. The van der Waals surface area contributed by atoms with Gasteiger partial charge in [0.2, 0.25) is 11.9 Å². The van der Waals surface area contributed by atoms with Crippen molar-refractivity contribution in [3.8, 4) is 11.1 Å². The fraction of sp³-hybridized carbons (Fsp3) is 0.250. The maximum atomic E-state index is 13.7. The number of carbonyl (C=O) groups is 1. The normalized spacial score (nSPS) is 13.7. The summed E-state index contributed by atoms with van der Waals surface area (Å²) in [6.45, 7) is -0.420. The first-order valence-electron chi connectivity index (χ1n) is 9.25. The lowest BCUT2D eigenvalue weighted by Crippen LogP contribution is -2.31. The minimum Gasteiger partial charge on any atom is -0.293 e. The molecule has 0 spiro atoms. The van der Waals surface area contributed by atoms with Crippen LogP contribution in [0.3, 0.4) is 0 Å². The van der Waals surface area contributed by atoms with E-state index in [0.29, 0.717) is 11.3 Å². The zero-order valence-corrected chi connectivity index (χ0v) is 15.6. The summed E-state index contributed by atoms with van der Waals surface area (Å²) in [5, 5.41) is 6.68. The van der Waals surface area contributed by atoms with Crippen molar-refractivity contribution in [2.24, 2.45) is 0 Å². The lowest BCUT2D eigenvalue weighted by Gasteiger charge is -2.27. The Morgan fingerprint density at radius 2 is 1.70 bits per heavy atom. The van der Waals surface area contributed by atoms with Crippen molar-refractivity contribution in [1.29, 1.82) is 0 Å². The van der Waals surface area contributed by atoms with Crippen LogP contribution in [0.4, 0.5) is 19.1 Å². The van der Waals surface area contributed by atoms with Crippen molar-refractivity contribution >= 4 is 11.9 Å². The van der Waals surface area contributed by atoms with Gasteiger partial charge in [0.25, 0.3) is 5.56 Å². The predicted molar refractivity (Wildman–Crippen MR) is 101 cm³/mol. The SMILES string of the molecule is O=C(Cn1nc(C2CCC2)c(-c2cc(F)cc(F)c2)cc1=O)Nc1ncc(F)cn1. The fourth-order valence-electron chi connectivity index (χ4n) is 3.22. The highest BCUT2D eigenvalue weighted by Gasteiger charge is 2.26. The number of nitrogens with one attached hydrogen (secondary N) is 1. The van der Waals surface area contributed by atoms with E-state index in [4.69, 9.17) is 0 Å². The number of hydrogen-bond acceptors (Lipinski definition) is 5. The van der Waals surface area contributed by atoms with Crippen molar-refractivity contribution in [2.45, 2.75) is 31.7 Å². The molecular weight excluding hydrogens is 399 g/mol. The molecule has 1 aliphatic rings. The molecule has 1 amide bonds. The molecule has 154 valence electrons. The molecule has 0 bridgehead atoms. The molecule has 0 unspecified atom stereocenters. The van der Waals surface area contributed by atoms with Gasteiger partial charge in [0.1, 0.15) is 18.2 Å². The standard InChI is InChI=1S/C20H16F3N5O2/c21-13-4-12(5-14(22)6-13)16-7-18(30)28(27-19(16)11-2-1-3-11)10-17(29)26-20-24-8-15(23)9-25-20/h4-9,11H,1-3,10H2,(H,24,25,26,29). The van der Waals surface area contributed by atoms with Crippen LogP contribution in [0.1, 0.15) is 30.9 Å². The molecule has 10 heteroatoms. The molecule has 1 saturated carbocycles. The minimum absolute atomic E-state index is 0.0293. The van der Waals surface area contributed by atoms with E-state index in [-0.39, 0.29) is 17.4 Å². The van der Waals surface area contributed by atoms with Crippen LogP contribution in [0.15, 0.2) is 41.5 Å². The van der Waals surface area contributed by atoms with Crippen LogP contribution in [0, 0.1) is 17.5 Å². The Hall–Kier alpha value is -3.56. The Balaban J connectivity index is 1.65. The number of rotatable bonds is 5. The van der Waals surface area contributed by atoms with Gasteiger partial charge >= 0.3 is 0 Å². The van der Waals surface area contributed by atoms with Gasteiger partial charge in [-0.05, 0) is 30.5 Å². The Kier molecular flexibility index (Phi) is 5.30. The number of benzene rings is 1. The van der Waals surface area contributed by atoms with Gasteiger partial charge in [-0.3, -0.25) is 14.9 Å². The van der Waals surface area contributed by atoms with Gasteiger partial charge in [-0.1, -0.05) is 6.42 Å². The third-order valence-electron chi connectivity index (χ3n) is 4.86. The zero-order chi connectivity index (χ0) is 21.3. The number of carbonyl (C=O) groups excluding carboxylic acids is 1. The summed E-state index contributed by atoms with van der Waals surface area (Å²) in [5.41, 5.74) is 0.474. The maximum Gasteiger partial charge on any atom is 0.267 e. The van der Waals surface area contributed by atoms with E-state index in [1.807, 2.05) is 0 Å². The minimum atomic E-state index is -0.757. The third-order valence-corrected chi connectivity index (χ3v) is 4.86. The largest absolute Gasteiger partial charge is 0.293 e. The summed E-state index contributed by atoms with van der Waals surface area (Å²) < 4.78 is 41.2. The number of aromatic nitrogens is 4. The van der Waals surface area contributed by atoms with Gasteiger partial charge in [0.15, 0.2) is 5.82 Å². The van der Waals surface area contributed by atoms with E-state index in [9.17, 15) is 22.8 Å². The second kappa shape index (κ2) is 8.05. The van der Waals surface area contributed by atoms with Crippen LogP contribution in [0.5, 0.6) is 0 Å². The molecule has 4 rings (SSSR count). The topological polar surface area (TPSA) is 89.8 Å². The van der Waals surface area contributed by atoms with Crippen LogP contribution in [-0.4, -0.2) is 25.7 Å². The Labute approximate surface area is 168 Å². The van der Waals surface area contributed by atoms with Crippen LogP contribution in [0.25, 0.3) is 11.1 Å². The Morgan fingerprint density at radius 3 is 2.30 bits per heavy atom. The number of anilines is 1. The van der Waals surface area contributed by atoms with Crippen LogP contribution in [0.2, 0.25) is 0 Å². The monoisotopic (exact) mass is 415 g/mol. The summed E-state index contributed by atoms with van der Waals surface area (Å²) in [6.07, 6.45) is 4.42. The van der Waals surface area contributed by atoms with E-state index in [2.05, 4.69) is 20.4 Å². The second-order valence-electron chi connectivity index (χ2n) is 7.00.